The summed E-state index contributed by atoms with van der Waals surface area (Å²) in [6.45, 7) is 3.07. The first-order valence-corrected chi connectivity index (χ1v) is 11.4. The molecule has 0 spiro atoms. The van der Waals surface area contributed by atoms with Gasteiger partial charge in [0.15, 0.2) is 9.84 Å². The van der Waals surface area contributed by atoms with Crippen LogP contribution >= 0.6 is 0 Å². The number of hydrogen-bond acceptors (Lipinski definition) is 4. The molecule has 0 fully saturated rings. The molecule has 0 saturated heterocycles. The Morgan fingerprint density at radius 1 is 0.840 bits per heavy atom. The minimum atomic E-state index is -3.25. The van der Waals surface area contributed by atoms with E-state index in [1.165, 1.54) is 57.8 Å². The molecule has 25 heavy (non-hydrogen) atoms. The van der Waals surface area contributed by atoms with Gasteiger partial charge in [-0.3, -0.25) is 0 Å². The number of ether oxygens (including phenoxy) is 1. The van der Waals surface area contributed by atoms with Crippen LogP contribution in [0.1, 0.15) is 71.1 Å². The molecule has 1 aromatic rings. The van der Waals surface area contributed by atoms with Crippen molar-refractivity contribution < 1.29 is 13.2 Å². The van der Waals surface area contributed by atoms with Gasteiger partial charge in [-0.2, -0.15) is 0 Å². The van der Waals surface area contributed by atoms with Crippen LogP contribution in [0.25, 0.3) is 0 Å². The Morgan fingerprint density at radius 2 is 1.36 bits per heavy atom. The van der Waals surface area contributed by atoms with Crippen LogP contribution in [0.2, 0.25) is 0 Å². The van der Waals surface area contributed by atoms with Gasteiger partial charge in [-0.15, -0.1) is 0 Å². The van der Waals surface area contributed by atoms with Gasteiger partial charge < -0.3 is 10.5 Å². The molecule has 0 amide bonds. The summed E-state index contributed by atoms with van der Waals surface area (Å²) in [6, 6.07) is 6.64. The Morgan fingerprint density at radius 3 is 1.88 bits per heavy atom. The maximum absolute atomic E-state index is 11.9. The molecule has 0 heterocycles. The van der Waals surface area contributed by atoms with Gasteiger partial charge in [-0.25, -0.2) is 8.42 Å². The molecule has 4 nitrogen and oxygen atoms in total. The van der Waals surface area contributed by atoms with Crippen LogP contribution in [0.4, 0.5) is 0 Å². The summed E-state index contributed by atoms with van der Waals surface area (Å²) in [5.74, 6) is 0.703. The molecular formula is C20H35NO3S. The van der Waals surface area contributed by atoms with E-state index in [0.29, 0.717) is 11.5 Å². The number of sulfone groups is 1. The minimum absolute atomic E-state index is 0.0220. The molecular weight excluding hydrogens is 334 g/mol. The highest BCUT2D eigenvalue weighted by atomic mass is 32.2. The van der Waals surface area contributed by atoms with Gasteiger partial charge >= 0.3 is 0 Å². The third-order valence-corrected chi connectivity index (χ3v) is 6.10. The summed E-state index contributed by atoms with van der Waals surface area (Å²) in [6.07, 6.45) is 13.0. The van der Waals surface area contributed by atoms with Crippen molar-refractivity contribution in [3.8, 4) is 5.75 Å². The highest BCUT2D eigenvalue weighted by Crippen LogP contribution is 2.17. The van der Waals surface area contributed by atoms with Crippen LogP contribution in [0.5, 0.6) is 5.75 Å². The quantitative estimate of drug-likeness (QED) is 0.454. The Balaban J connectivity index is 2.09. The molecule has 0 unspecified atom stereocenters. The lowest BCUT2D eigenvalue weighted by atomic mass is 10.1. The van der Waals surface area contributed by atoms with Crippen molar-refractivity contribution in [3.05, 3.63) is 24.3 Å². The summed E-state index contributed by atoms with van der Waals surface area (Å²) in [5.41, 5.74) is 5.33. The minimum Gasteiger partial charge on any atom is -0.494 e. The molecule has 5 heteroatoms. The summed E-state index contributed by atoms with van der Waals surface area (Å²) in [4.78, 5) is 0.309. The second-order valence-electron chi connectivity index (χ2n) is 6.61. The van der Waals surface area contributed by atoms with Crippen LogP contribution in [-0.2, 0) is 9.84 Å². The number of hydrogen-bond donors (Lipinski definition) is 1. The molecule has 1 rings (SSSR count). The predicted octanol–water partition coefficient (Wildman–Crippen LogP) is 4.72. The van der Waals surface area contributed by atoms with E-state index >= 15 is 0 Å². The molecule has 1 aromatic carbocycles. The summed E-state index contributed by atoms with van der Waals surface area (Å²) in [5, 5.41) is 0. The van der Waals surface area contributed by atoms with Gasteiger partial charge in [0.05, 0.1) is 17.3 Å². The molecule has 2 N–H and O–H groups in total. The molecule has 0 aliphatic carbocycles. The average molecular weight is 370 g/mol. The lowest BCUT2D eigenvalue weighted by Gasteiger charge is -2.08. The van der Waals surface area contributed by atoms with Crippen molar-refractivity contribution in [2.75, 3.05) is 18.9 Å². The van der Waals surface area contributed by atoms with E-state index in [9.17, 15) is 8.42 Å². The van der Waals surface area contributed by atoms with E-state index in [2.05, 4.69) is 6.92 Å². The Bertz CT molecular complexity index is 541. The van der Waals surface area contributed by atoms with Crippen LogP contribution < -0.4 is 10.5 Å². The van der Waals surface area contributed by atoms with Gasteiger partial charge in [0.25, 0.3) is 0 Å². The largest absolute Gasteiger partial charge is 0.494 e. The number of rotatable bonds is 15. The van der Waals surface area contributed by atoms with E-state index in [1.54, 1.807) is 24.3 Å². The monoisotopic (exact) mass is 369 g/mol. The highest BCUT2D eigenvalue weighted by Gasteiger charge is 2.12. The van der Waals surface area contributed by atoms with Gasteiger partial charge in [0.1, 0.15) is 5.75 Å². The van der Waals surface area contributed by atoms with Crippen molar-refractivity contribution in [3.63, 3.8) is 0 Å². The first-order valence-electron chi connectivity index (χ1n) is 9.76. The first-order chi connectivity index (χ1) is 12.1. The predicted molar refractivity (Wildman–Crippen MR) is 105 cm³/mol. The van der Waals surface area contributed by atoms with Crippen LogP contribution in [0.15, 0.2) is 29.2 Å². The molecule has 0 atom stereocenters. The molecule has 0 bridgehead atoms. The molecule has 0 aliphatic rings. The zero-order chi connectivity index (χ0) is 18.4. The maximum Gasteiger partial charge on any atom is 0.179 e. The SMILES string of the molecule is CCCCCCCCCCCCOc1ccc(S(=O)(=O)CCN)cc1. The lowest BCUT2D eigenvalue weighted by Crippen LogP contribution is -2.15. The summed E-state index contributed by atoms with van der Waals surface area (Å²) < 4.78 is 29.4. The number of unbranched alkanes of at least 4 members (excludes halogenated alkanes) is 9. The van der Waals surface area contributed by atoms with Crippen molar-refractivity contribution >= 4 is 9.84 Å². The summed E-state index contributed by atoms with van der Waals surface area (Å²) in [7, 11) is -3.25. The second-order valence-corrected chi connectivity index (χ2v) is 8.72. The number of nitrogens with two attached hydrogens (primary N) is 1. The van der Waals surface area contributed by atoms with Gasteiger partial charge in [0.2, 0.25) is 0 Å². The molecule has 0 aromatic heterocycles. The molecule has 0 radical (unpaired) electrons. The molecule has 0 saturated carbocycles. The van der Waals surface area contributed by atoms with Crippen molar-refractivity contribution in [1.82, 2.24) is 0 Å². The zero-order valence-corrected chi connectivity index (χ0v) is 16.5. The Labute approximate surface area is 154 Å². The maximum atomic E-state index is 11.9. The van der Waals surface area contributed by atoms with Gasteiger partial charge in [-0.1, -0.05) is 64.7 Å². The fraction of sp³-hybridized carbons (Fsp3) is 0.700. The van der Waals surface area contributed by atoms with E-state index in [1.807, 2.05) is 0 Å². The van der Waals surface area contributed by atoms with Crippen LogP contribution in [0, 0.1) is 0 Å². The highest BCUT2D eigenvalue weighted by molar-refractivity contribution is 7.91. The number of benzene rings is 1. The first kappa shape index (κ1) is 22.0. The molecule has 144 valence electrons. The van der Waals surface area contributed by atoms with Gasteiger partial charge in [0, 0.05) is 6.54 Å². The van der Waals surface area contributed by atoms with E-state index in [0.717, 1.165) is 12.2 Å². The summed E-state index contributed by atoms with van der Waals surface area (Å²) >= 11 is 0. The Hall–Kier alpha value is -1.07. The normalized spacial score (nSPS) is 11.6. The standard InChI is InChI=1S/C20H35NO3S/c1-2-3-4-5-6-7-8-9-10-11-17-24-19-12-14-20(15-13-19)25(22,23)18-16-21/h12-15H,2-11,16-18,21H2,1H3. The van der Waals surface area contributed by atoms with Gasteiger partial charge in [-0.05, 0) is 30.7 Å². The van der Waals surface area contributed by atoms with Crippen molar-refractivity contribution in [2.24, 2.45) is 5.73 Å². The fourth-order valence-corrected chi connectivity index (χ4v) is 3.89. The average Bonchev–Trinajstić information content (AvgIpc) is 2.60. The third-order valence-electron chi connectivity index (χ3n) is 4.34. The van der Waals surface area contributed by atoms with Crippen LogP contribution in [-0.4, -0.2) is 27.3 Å². The fourth-order valence-electron chi connectivity index (χ4n) is 2.80. The lowest BCUT2D eigenvalue weighted by molar-refractivity contribution is 0.304. The van der Waals surface area contributed by atoms with Crippen LogP contribution in [0.3, 0.4) is 0 Å². The Kier molecular flexibility index (Phi) is 11.6. The van der Waals surface area contributed by atoms with Crippen molar-refractivity contribution in [1.29, 1.82) is 0 Å². The van der Waals surface area contributed by atoms with E-state index < -0.39 is 9.84 Å². The van der Waals surface area contributed by atoms with E-state index in [-0.39, 0.29) is 12.3 Å². The third kappa shape index (κ3) is 9.85. The molecule has 0 aliphatic heterocycles. The second kappa shape index (κ2) is 13.2. The van der Waals surface area contributed by atoms with E-state index in [4.69, 9.17) is 10.5 Å². The smallest absolute Gasteiger partial charge is 0.179 e. The zero-order valence-electron chi connectivity index (χ0n) is 15.7. The van der Waals surface area contributed by atoms with Crippen molar-refractivity contribution in [2.45, 2.75) is 76.0 Å². The topological polar surface area (TPSA) is 69.4 Å².